The van der Waals surface area contributed by atoms with E-state index in [1.54, 1.807) is 0 Å². The third-order valence-electron chi connectivity index (χ3n) is 11.0. The quantitative estimate of drug-likeness (QED) is 0.179. The molecule has 0 saturated heterocycles. The largest absolute Gasteiger partial charge is 0.466 e. The summed E-state index contributed by atoms with van der Waals surface area (Å²) in [6.45, 7) is 24.0. The Bertz CT molecular complexity index is 1720. The van der Waals surface area contributed by atoms with Gasteiger partial charge in [-0.1, -0.05) is 145 Å². The first-order valence-corrected chi connectivity index (χ1v) is 25.5. The van der Waals surface area contributed by atoms with Crippen LogP contribution in [0.3, 0.4) is 0 Å². The highest BCUT2D eigenvalue weighted by molar-refractivity contribution is 7.00. The third kappa shape index (κ3) is 5.33. The van der Waals surface area contributed by atoms with Crippen LogP contribution in [0.2, 0.25) is 50.4 Å². The van der Waals surface area contributed by atoms with Gasteiger partial charge in [0, 0.05) is 11.1 Å². The van der Waals surface area contributed by atoms with Crippen LogP contribution in [0.15, 0.2) is 128 Å². The molecular formula is C40H48O2Si3. The van der Waals surface area contributed by atoms with E-state index < -0.39 is 24.2 Å². The maximum absolute atomic E-state index is 6.86. The molecule has 2 aliphatic carbocycles. The lowest BCUT2D eigenvalue weighted by atomic mass is 10.1. The van der Waals surface area contributed by atoms with E-state index in [1.807, 2.05) is 0 Å². The smallest absolute Gasteiger partial charge is 0.156 e. The van der Waals surface area contributed by atoms with Gasteiger partial charge in [0.05, 0.1) is 18.8 Å². The van der Waals surface area contributed by atoms with Crippen LogP contribution in [-0.2, 0) is 0 Å². The topological polar surface area (TPSA) is 26.3 Å². The molecule has 5 heteroatoms. The van der Waals surface area contributed by atoms with Crippen molar-refractivity contribution < 1.29 is 8.83 Å². The Morgan fingerprint density at radius 3 is 1.18 bits per heavy atom. The zero-order chi connectivity index (χ0) is 32.3. The van der Waals surface area contributed by atoms with E-state index in [4.69, 9.17) is 8.83 Å². The minimum atomic E-state index is -2.09. The highest BCUT2D eigenvalue weighted by Crippen LogP contribution is 2.58. The van der Waals surface area contributed by atoms with Crippen molar-refractivity contribution in [2.45, 2.75) is 78.1 Å². The summed E-state index contributed by atoms with van der Waals surface area (Å²) >= 11 is 0. The van der Waals surface area contributed by atoms with Crippen LogP contribution in [0.4, 0.5) is 0 Å². The molecule has 2 unspecified atom stereocenters. The van der Waals surface area contributed by atoms with Gasteiger partial charge in [-0.2, -0.15) is 0 Å². The van der Waals surface area contributed by atoms with Crippen molar-refractivity contribution in [3.8, 4) is 0 Å². The lowest BCUT2D eigenvalue weighted by molar-refractivity contribution is 0.579. The molecule has 0 aliphatic heterocycles. The van der Waals surface area contributed by atoms with Crippen molar-refractivity contribution in [3.63, 3.8) is 0 Å². The van der Waals surface area contributed by atoms with Gasteiger partial charge in [0.2, 0.25) is 0 Å². The highest BCUT2D eigenvalue weighted by Gasteiger charge is 2.49. The Kier molecular flexibility index (Phi) is 8.03. The second-order valence-electron chi connectivity index (χ2n) is 14.9. The van der Waals surface area contributed by atoms with Crippen molar-refractivity contribution in [1.29, 1.82) is 0 Å². The molecule has 2 heterocycles. The standard InChI is InChI=1S/C40H48O2Si3/c1-27-25-33(35-21-23-37(41-35)43(5,6)31-17-13-11-14-18-31)39(29(27)3)45(9,10)40-30(4)28(2)26-34(40)36-22-24-38(42-36)44(7,8)32-19-15-12-16-20-32/h11-26,39-40H,1-10H3. The summed E-state index contributed by atoms with van der Waals surface area (Å²) in [5.74, 6) is 2.09. The second kappa shape index (κ2) is 11.4. The molecule has 0 bridgehead atoms. The zero-order valence-electron chi connectivity index (χ0n) is 28.7. The van der Waals surface area contributed by atoms with E-state index in [9.17, 15) is 0 Å². The maximum Gasteiger partial charge on any atom is 0.156 e. The molecule has 2 aromatic carbocycles. The summed E-state index contributed by atoms with van der Waals surface area (Å²) in [5.41, 5.74) is 9.19. The average molecular weight is 645 g/mol. The average Bonchev–Trinajstić information content (AvgIpc) is 3.81. The maximum atomic E-state index is 6.86. The van der Waals surface area contributed by atoms with E-state index in [-0.39, 0.29) is 0 Å². The lowest BCUT2D eigenvalue weighted by Gasteiger charge is -2.40. The summed E-state index contributed by atoms with van der Waals surface area (Å²) in [6.07, 6.45) is 4.83. The number of rotatable bonds is 8. The predicted molar refractivity (Wildman–Crippen MR) is 201 cm³/mol. The van der Waals surface area contributed by atoms with Crippen molar-refractivity contribution in [2.75, 3.05) is 0 Å². The fourth-order valence-corrected chi connectivity index (χ4v) is 17.4. The molecule has 0 amide bonds. The molecule has 2 aliphatic rings. The van der Waals surface area contributed by atoms with Gasteiger partial charge >= 0.3 is 0 Å². The molecule has 0 radical (unpaired) electrons. The predicted octanol–water partition coefficient (Wildman–Crippen LogP) is 9.13. The van der Waals surface area contributed by atoms with Gasteiger partial charge < -0.3 is 8.83 Å². The minimum absolute atomic E-state index is 0.358. The van der Waals surface area contributed by atoms with Gasteiger partial charge in [0.1, 0.15) is 11.5 Å². The molecule has 2 nitrogen and oxygen atoms in total. The molecule has 232 valence electrons. The van der Waals surface area contributed by atoms with Crippen molar-refractivity contribution in [2.24, 2.45) is 0 Å². The minimum Gasteiger partial charge on any atom is -0.466 e. The molecule has 0 fully saturated rings. The first-order valence-electron chi connectivity index (χ1n) is 16.3. The van der Waals surface area contributed by atoms with Crippen molar-refractivity contribution in [3.05, 3.63) is 131 Å². The van der Waals surface area contributed by atoms with E-state index >= 15 is 0 Å². The summed E-state index contributed by atoms with van der Waals surface area (Å²) in [5, 5.41) is 5.09. The molecule has 2 aromatic heterocycles. The van der Waals surface area contributed by atoms with Crippen molar-refractivity contribution >= 4 is 56.5 Å². The van der Waals surface area contributed by atoms with Crippen LogP contribution >= 0.6 is 0 Å². The van der Waals surface area contributed by atoms with Gasteiger partial charge in [-0.05, 0) is 63.1 Å². The number of benzene rings is 2. The SMILES string of the molecule is CC1=C(C)C([Si](C)(C)C2C(c3ccc([Si](C)(C)c4ccccc4)o3)=CC(C)=C2C)C(c2ccc([Si](C)(C)c3ccccc3)o2)=C1. The molecule has 0 spiro atoms. The number of hydrogen-bond donors (Lipinski definition) is 0. The lowest BCUT2D eigenvalue weighted by Crippen LogP contribution is -2.52. The Hall–Kier alpha value is -3.39. The van der Waals surface area contributed by atoms with E-state index in [0.29, 0.717) is 11.1 Å². The van der Waals surface area contributed by atoms with Gasteiger partial charge in [-0.25, -0.2) is 0 Å². The van der Waals surface area contributed by atoms with Crippen LogP contribution in [-0.4, -0.2) is 24.2 Å². The molecule has 2 atom stereocenters. The summed E-state index contributed by atoms with van der Waals surface area (Å²) < 4.78 is 13.7. The Morgan fingerprint density at radius 2 is 0.822 bits per heavy atom. The fraction of sp³-hybridized carbons (Fsp3) is 0.300. The Labute approximate surface area is 273 Å². The van der Waals surface area contributed by atoms with Crippen molar-refractivity contribution in [1.82, 2.24) is 0 Å². The van der Waals surface area contributed by atoms with Gasteiger partial charge in [0.25, 0.3) is 0 Å². The Balaban J connectivity index is 1.36. The van der Waals surface area contributed by atoms with Crippen LogP contribution in [0.1, 0.15) is 39.2 Å². The van der Waals surface area contributed by atoms with E-state index in [1.165, 1.54) is 43.8 Å². The van der Waals surface area contributed by atoms with Gasteiger partial charge in [-0.15, -0.1) is 0 Å². The molecule has 45 heavy (non-hydrogen) atoms. The zero-order valence-corrected chi connectivity index (χ0v) is 31.7. The van der Waals surface area contributed by atoms with Gasteiger partial charge in [0.15, 0.2) is 16.1 Å². The molecule has 0 saturated carbocycles. The highest BCUT2D eigenvalue weighted by atomic mass is 28.3. The molecule has 0 N–H and O–H groups in total. The Morgan fingerprint density at radius 1 is 0.467 bits per heavy atom. The number of hydrogen-bond acceptors (Lipinski definition) is 2. The van der Waals surface area contributed by atoms with Crippen LogP contribution in [0.25, 0.3) is 11.1 Å². The summed E-state index contributed by atoms with van der Waals surface area (Å²) in [6, 6.07) is 30.8. The molecule has 6 rings (SSSR count). The number of allylic oxidation sites excluding steroid dienone is 8. The summed E-state index contributed by atoms with van der Waals surface area (Å²) in [4.78, 5) is 0. The van der Waals surface area contributed by atoms with Gasteiger partial charge in [-0.3, -0.25) is 0 Å². The first-order chi connectivity index (χ1) is 21.2. The third-order valence-corrected chi connectivity index (χ3v) is 22.0. The number of furan rings is 2. The fourth-order valence-electron chi connectivity index (χ4n) is 7.95. The van der Waals surface area contributed by atoms with E-state index in [0.717, 1.165) is 22.3 Å². The van der Waals surface area contributed by atoms with E-state index in [2.05, 4.69) is 164 Å². The molecule has 4 aromatic rings. The molecular weight excluding hydrogens is 597 g/mol. The first kappa shape index (κ1) is 31.6. The summed E-state index contributed by atoms with van der Waals surface area (Å²) in [7, 11) is -5.99. The normalized spacial score (nSPS) is 19.4. The second-order valence-corrected chi connectivity index (χ2v) is 28.4. The van der Waals surface area contributed by atoms with Crippen LogP contribution in [0, 0.1) is 0 Å². The van der Waals surface area contributed by atoms with Crippen LogP contribution < -0.4 is 21.1 Å². The van der Waals surface area contributed by atoms with Crippen LogP contribution in [0.5, 0.6) is 0 Å². The monoisotopic (exact) mass is 644 g/mol.